The Balaban J connectivity index is 2.10. The maximum atomic E-state index is 11.4. The summed E-state index contributed by atoms with van der Waals surface area (Å²) < 4.78 is 0. The number of rotatable bonds is 3. The second kappa shape index (κ2) is 5.18. The summed E-state index contributed by atoms with van der Waals surface area (Å²) in [6, 6.07) is 20.1. The summed E-state index contributed by atoms with van der Waals surface area (Å²) in [7, 11) is 0. The molecule has 1 atom stereocenters. The molecule has 1 N–H and O–H groups in total. The van der Waals surface area contributed by atoms with Crippen LogP contribution in [0.4, 0.5) is 0 Å². The van der Waals surface area contributed by atoms with Crippen LogP contribution in [0.15, 0.2) is 60.7 Å². The molecule has 19 heavy (non-hydrogen) atoms. The average Bonchev–Trinajstić information content (AvgIpc) is 3.03. The fourth-order valence-corrected chi connectivity index (χ4v) is 3.13. The Bertz CT molecular complexity index is 472. The molecule has 1 heteroatoms. The molecule has 1 radical (unpaired) electrons. The second-order valence-corrected chi connectivity index (χ2v) is 5.27. The molecule has 3 rings (SSSR count). The van der Waals surface area contributed by atoms with Crippen molar-refractivity contribution in [1.29, 1.82) is 0 Å². The molecular formula is C18H19O. The minimum atomic E-state index is -0.890. The monoisotopic (exact) mass is 251 g/mol. The number of hydrogen-bond donors (Lipinski definition) is 1. The SMILES string of the molecule is OC(c1ccccc1)(c1ccccc1)C1[CH]CCC1. The van der Waals surface area contributed by atoms with Crippen molar-refractivity contribution in [2.24, 2.45) is 5.92 Å². The smallest absolute Gasteiger partial charge is 0.118 e. The molecular weight excluding hydrogens is 232 g/mol. The molecule has 1 unspecified atom stereocenters. The highest BCUT2D eigenvalue weighted by atomic mass is 16.3. The Kier molecular flexibility index (Phi) is 3.39. The normalized spacial score (nSPS) is 16.7. The van der Waals surface area contributed by atoms with Crippen molar-refractivity contribution in [3.63, 3.8) is 0 Å². The standard InChI is InChI=1S/C18H19O/c19-18(17-13-7-8-14-17,15-9-3-1-4-10-15)16-11-5-2-6-12-16/h1-6,9-13,17,19H,7-8,14H2. The van der Waals surface area contributed by atoms with E-state index in [0.29, 0.717) is 0 Å². The second-order valence-electron chi connectivity index (χ2n) is 5.27. The van der Waals surface area contributed by atoms with Gasteiger partial charge in [-0.15, -0.1) is 0 Å². The minimum Gasteiger partial charge on any atom is -0.380 e. The zero-order chi connectivity index (χ0) is 13.1. The van der Waals surface area contributed by atoms with Crippen molar-refractivity contribution in [2.45, 2.75) is 24.9 Å². The molecule has 97 valence electrons. The van der Waals surface area contributed by atoms with Crippen molar-refractivity contribution in [2.75, 3.05) is 0 Å². The van der Waals surface area contributed by atoms with Gasteiger partial charge in [0.2, 0.25) is 0 Å². The molecule has 0 spiro atoms. The van der Waals surface area contributed by atoms with Crippen LogP contribution in [0.2, 0.25) is 0 Å². The maximum absolute atomic E-state index is 11.4. The van der Waals surface area contributed by atoms with Gasteiger partial charge in [0.05, 0.1) is 0 Å². The van der Waals surface area contributed by atoms with E-state index in [0.717, 1.165) is 24.0 Å². The van der Waals surface area contributed by atoms with E-state index >= 15 is 0 Å². The first-order chi connectivity index (χ1) is 9.32. The summed E-state index contributed by atoms with van der Waals surface area (Å²) in [5.74, 6) is 0.206. The molecule has 0 amide bonds. The lowest BCUT2D eigenvalue weighted by atomic mass is 9.75. The summed E-state index contributed by atoms with van der Waals surface area (Å²) in [6.45, 7) is 0. The third-order valence-electron chi connectivity index (χ3n) is 4.13. The van der Waals surface area contributed by atoms with Crippen LogP contribution in [0.25, 0.3) is 0 Å². The molecule has 1 aliphatic rings. The van der Waals surface area contributed by atoms with Gasteiger partial charge in [-0.1, -0.05) is 67.1 Å². The van der Waals surface area contributed by atoms with E-state index in [2.05, 4.69) is 6.42 Å². The fourth-order valence-electron chi connectivity index (χ4n) is 3.13. The third kappa shape index (κ3) is 2.19. The van der Waals surface area contributed by atoms with Gasteiger partial charge in [-0.25, -0.2) is 0 Å². The van der Waals surface area contributed by atoms with Gasteiger partial charge >= 0.3 is 0 Å². The van der Waals surface area contributed by atoms with Gasteiger partial charge in [-0.05, 0) is 36.3 Å². The fraction of sp³-hybridized carbons (Fsp3) is 0.278. The predicted octanol–water partition coefficient (Wildman–Crippen LogP) is 3.93. The van der Waals surface area contributed by atoms with E-state index < -0.39 is 5.60 Å². The summed E-state index contributed by atoms with van der Waals surface area (Å²) in [5.41, 5.74) is 1.09. The zero-order valence-electron chi connectivity index (χ0n) is 11.0. The van der Waals surface area contributed by atoms with Crippen LogP contribution >= 0.6 is 0 Å². The lowest BCUT2D eigenvalue weighted by Crippen LogP contribution is -2.35. The molecule has 1 aliphatic carbocycles. The first-order valence-electron chi connectivity index (χ1n) is 6.98. The highest BCUT2D eigenvalue weighted by molar-refractivity contribution is 5.38. The van der Waals surface area contributed by atoms with E-state index in [1.807, 2.05) is 60.7 Å². The lowest BCUT2D eigenvalue weighted by Gasteiger charge is -2.35. The summed E-state index contributed by atoms with van der Waals surface area (Å²) in [6.07, 6.45) is 5.61. The van der Waals surface area contributed by atoms with E-state index in [4.69, 9.17) is 0 Å². The molecule has 1 nitrogen and oxygen atoms in total. The molecule has 1 fully saturated rings. The highest BCUT2D eigenvalue weighted by Gasteiger charge is 2.41. The number of aliphatic hydroxyl groups is 1. The van der Waals surface area contributed by atoms with Crippen molar-refractivity contribution in [1.82, 2.24) is 0 Å². The summed E-state index contributed by atoms with van der Waals surface area (Å²) in [5, 5.41) is 11.4. The van der Waals surface area contributed by atoms with Gasteiger partial charge < -0.3 is 5.11 Å². The third-order valence-corrected chi connectivity index (χ3v) is 4.13. The van der Waals surface area contributed by atoms with Crippen LogP contribution in [0.3, 0.4) is 0 Å². The minimum absolute atomic E-state index is 0.206. The van der Waals surface area contributed by atoms with Gasteiger partial charge in [0, 0.05) is 0 Å². The Morgan fingerprint density at radius 1 is 0.842 bits per heavy atom. The van der Waals surface area contributed by atoms with Crippen LogP contribution in [0.1, 0.15) is 30.4 Å². The van der Waals surface area contributed by atoms with Crippen molar-refractivity contribution in [3.8, 4) is 0 Å². The van der Waals surface area contributed by atoms with Crippen LogP contribution in [0, 0.1) is 12.3 Å². The number of benzene rings is 2. The van der Waals surface area contributed by atoms with Crippen LogP contribution in [-0.2, 0) is 5.60 Å². The van der Waals surface area contributed by atoms with E-state index in [-0.39, 0.29) is 5.92 Å². The zero-order valence-corrected chi connectivity index (χ0v) is 11.0. The van der Waals surface area contributed by atoms with Crippen molar-refractivity contribution in [3.05, 3.63) is 78.2 Å². The van der Waals surface area contributed by atoms with Crippen LogP contribution in [0.5, 0.6) is 0 Å². The Hall–Kier alpha value is -1.60. The van der Waals surface area contributed by atoms with Gasteiger partial charge in [0.25, 0.3) is 0 Å². The molecule has 0 saturated heterocycles. The van der Waals surface area contributed by atoms with E-state index in [9.17, 15) is 5.11 Å². The van der Waals surface area contributed by atoms with Gasteiger partial charge in [-0.2, -0.15) is 0 Å². The summed E-state index contributed by atoms with van der Waals surface area (Å²) in [4.78, 5) is 0. The quantitative estimate of drug-likeness (QED) is 0.876. The molecule has 0 aliphatic heterocycles. The molecule has 2 aromatic rings. The van der Waals surface area contributed by atoms with Gasteiger partial charge in [0.15, 0.2) is 0 Å². The Labute approximate surface area is 114 Å². The van der Waals surface area contributed by atoms with E-state index in [1.165, 1.54) is 6.42 Å². The Morgan fingerprint density at radius 3 is 1.79 bits per heavy atom. The van der Waals surface area contributed by atoms with Gasteiger partial charge in [0.1, 0.15) is 5.60 Å². The van der Waals surface area contributed by atoms with E-state index in [1.54, 1.807) is 0 Å². The Morgan fingerprint density at radius 2 is 1.37 bits per heavy atom. The van der Waals surface area contributed by atoms with Crippen molar-refractivity contribution >= 4 is 0 Å². The molecule has 0 heterocycles. The highest BCUT2D eigenvalue weighted by Crippen LogP contribution is 2.44. The van der Waals surface area contributed by atoms with Crippen LogP contribution < -0.4 is 0 Å². The number of hydrogen-bond acceptors (Lipinski definition) is 1. The van der Waals surface area contributed by atoms with Crippen LogP contribution in [-0.4, -0.2) is 5.11 Å². The molecule has 0 bridgehead atoms. The topological polar surface area (TPSA) is 20.2 Å². The summed E-state index contributed by atoms with van der Waals surface area (Å²) >= 11 is 0. The average molecular weight is 251 g/mol. The van der Waals surface area contributed by atoms with Crippen molar-refractivity contribution < 1.29 is 5.11 Å². The molecule has 2 aromatic carbocycles. The predicted molar refractivity (Wildman–Crippen MR) is 77.5 cm³/mol. The largest absolute Gasteiger partial charge is 0.380 e. The lowest BCUT2D eigenvalue weighted by molar-refractivity contribution is 0.0326. The van der Waals surface area contributed by atoms with Gasteiger partial charge in [-0.3, -0.25) is 0 Å². The molecule has 0 aromatic heterocycles. The first kappa shape index (κ1) is 12.4. The maximum Gasteiger partial charge on any atom is 0.118 e. The first-order valence-corrected chi connectivity index (χ1v) is 6.98. The molecule has 1 saturated carbocycles.